The number of esters is 1. The van der Waals surface area contributed by atoms with Crippen molar-refractivity contribution in [3.63, 3.8) is 0 Å². The molecule has 3 aliphatic rings. The molecule has 1 aromatic heterocycles. The summed E-state index contributed by atoms with van der Waals surface area (Å²) in [5, 5.41) is 3.44. The normalized spacial score (nSPS) is 22.3. The average Bonchev–Trinajstić information content (AvgIpc) is 3.62. The number of hydrogen-bond donors (Lipinski definition) is 1. The molecule has 4 rings (SSSR count). The number of piperidine rings is 2. The molecule has 1 N–H and O–H groups in total. The van der Waals surface area contributed by atoms with Crippen molar-refractivity contribution in [1.29, 1.82) is 0 Å². The minimum atomic E-state index is -0.114. The molecule has 0 unspecified atom stereocenters. The zero-order valence-corrected chi connectivity index (χ0v) is 18.6. The van der Waals surface area contributed by atoms with Crippen LogP contribution in [0.2, 0.25) is 0 Å². The fourth-order valence-electron chi connectivity index (χ4n) is 4.65. The molecular formula is C23H35N5O3. The Bertz CT molecular complexity index is 761. The van der Waals surface area contributed by atoms with E-state index in [0.29, 0.717) is 50.9 Å². The van der Waals surface area contributed by atoms with Gasteiger partial charge in [-0.25, -0.2) is 9.97 Å². The molecule has 0 radical (unpaired) electrons. The highest BCUT2D eigenvalue weighted by atomic mass is 16.5. The van der Waals surface area contributed by atoms with Crippen molar-refractivity contribution in [2.75, 3.05) is 43.0 Å². The SMILES string of the molecule is CCOC(=O)C1CCN(C(=O)CC[C@H]2CCCN(c3cc(NC4CC4)ncn3)C2)CC1. The molecule has 1 saturated carbocycles. The third-order valence-electron chi connectivity index (χ3n) is 6.66. The van der Waals surface area contributed by atoms with Gasteiger partial charge >= 0.3 is 5.97 Å². The van der Waals surface area contributed by atoms with Crippen molar-refractivity contribution >= 4 is 23.5 Å². The molecular weight excluding hydrogens is 394 g/mol. The first-order valence-electron chi connectivity index (χ1n) is 11.9. The Morgan fingerprint density at radius 3 is 2.68 bits per heavy atom. The second-order valence-corrected chi connectivity index (χ2v) is 9.08. The van der Waals surface area contributed by atoms with Crippen molar-refractivity contribution in [3.8, 4) is 0 Å². The second kappa shape index (κ2) is 10.3. The molecule has 0 bridgehead atoms. The molecule has 0 aromatic carbocycles. The highest BCUT2D eigenvalue weighted by Crippen LogP contribution is 2.28. The van der Waals surface area contributed by atoms with Crippen molar-refractivity contribution in [3.05, 3.63) is 12.4 Å². The van der Waals surface area contributed by atoms with Crippen molar-refractivity contribution < 1.29 is 14.3 Å². The number of amides is 1. The fourth-order valence-corrected chi connectivity index (χ4v) is 4.65. The Kier molecular flexibility index (Phi) is 7.25. The lowest BCUT2D eigenvalue weighted by Crippen LogP contribution is -2.41. The van der Waals surface area contributed by atoms with Gasteiger partial charge in [-0.3, -0.25) is 9.59 Å². The van der Waals surface area contributed by atoms with Crippen LogP contribution in [0.25, 0.3) is 0 Å². The summed E-state index contributed by atoms with van der Waals surface area (Å²) in [5.41, 5.74) is 0. The maximum Gasteiger partial charge on any atom is 0.309 e. The van der Waals surface area contributed by atoms with Gasteiger partial charge in [0.1, 0.15) is 18.0 Å². The summed E-state index contributed by atoms with van der Waals surface area (Å²) >= 11 is 0. The number of rotatable bonds is 8. The van der Waals surface area contributed by atoms with Crippen molar-refractivity contribution in [1.82, 2.24) is 14.9 Å². The first-order chi connectivity index (χ1) is 15.1. The van der Waals surface area contributed by atoms with Crippen LogP contribution in [0.15, 0.2) is 12.4 Å². The largest absolute Gasteiger partial charge is 0.466 e. The third kappa shape index (κ3) is 6.08. The summed E-state index contributed by atoms with van der Waals surface area (Å²) in [6.07, 6.45) is 9.30. The summed E-state index contributed by atoms with van der Waals surface area (Å²) in [4.78, 5) is 37.7. The maximum atomic E-state index is 12.7. The van der Waals surface area contributed by atoms with E-state index in [9.17, 15) is 9.59 Å². The van der Waals surface area contributed by atoms with E-state index < -0.39 is 0 Å². The third-order valence-corrected chi connectivity index (χ3v) is 6.66. The molecule has 1 aromatic rings. The highest BCUT2D eigenvalue weighted by Gasteiger charge is 2.29. The van der Waals surface area contributed by atoms with Gasteiger partial charge in [0, 0.05) is 44.7 Å². The Balaban J connectivity index is 1.22. The Morgan fingerprint density at radius 2 is 1.94 bits per heavy atom. The van der Waals surface area contributed by atoms with Crippen LogP contribution in [-0.2, 0) is 14.3 Å². The summed E-state index contributed by atoms with van der Waals surface area (Å²) < 4.78 is 5.12. The molecule has 8 heteroatoms. The van der Waals surface area contributed by atoms with Crippen molar-refractivity contribution in [2.24, 2.45) is 11.8 Å². The molecule has 0 spiro atoms. The van der Waals surface area contributed by atoms with Gasteiger partial charge in [0.15, 0.2) is 0 Å². The van der Waals surface area contributed by atoms with Crippen LogP contribution in [0.1, 0.15) is 58.3 Å². The molecule has 1 atom stereocenters. The molecule has 1 amide bonds. The molecule has 31 heavy (non-hydrogen) atoms. The minimum absolute atomic E-state index is 0.0527. The van der Waals surface area contributed by atoms with E-state index in [4.69, 9.17) is 4.74 Å². The van der Waals surface area contributed by atoms with Crippen LogP contribution in [0.3, 0.4) is 0 Å². The van der Waals surface area contributed by atoms with Crippen LogP contribution in [0.5, 0.6) is 0 Å². The minimum Gasteiger partial charge on any atom is -0.466 e. The highest BCUT2D eigenvalue weighted by molar-refractivity contribution is 5.77. The standard InChI is InChI=1S/C23H35N5O3/c1-2-31-23(30)18-9-12-27(13-10-18)22(29)8-5-17-4-3-11-28(15-17)21-14-20(24-16-25-21)26-19-6-7-19/h14,16-19H,2-13,15H2,1H3,(H,24,25,26)/t17-/m1/s1. The number of aromatic nitrogens is 2. The summed E-state index contributed by atoms with van der Waals surface area (Å²) in [6.45, 7) is 5.53. The summed E-state index contributed by atoms with van der Waals surface area (Å²) in [5.74, 6) is 2.45. The van der Waals surface area contributed by atoms with Gasteiger partial charge in [-0.05, 0) is 57.8 Å². The number of carbonyl (C=O) groups excluding carboxylic acids is 2. The quantitative estimate of drug-likeness (QED) is 0.636. The zero-order valence-electron chi connectivity index (χ0n) is 18.6. The number of anilines is 2. The van der Waals surface area contributed by atoms with Gasteiger partial charge in [-0.15, -0.1) is 0 Å². The van der Waals surface area contributed by atoms with Gasteiger partial charge in [0.05, 0.1) is 12.5 Å². The first kappa shape index (κ1) is 21.8. The number of nitrogens with one attached hydrogen (secondary N) is 1. The number of nitrogens with zero attached hydrogens (tertiary/aromatic N) is 4. The summed E-state index contributed by atoms with van der Waals surface area (Å²) in [6, 6.07) is 2.63. The monoisotopic (exact) mass is 429 g/mol. The number of ether oxygens (including phenoxy) is 1. The van der Waals surface area contributed by atoms with E-state index in [1.807, 2.05) is 11.8 Å². The summed E-state index contributed by atoms with van der Waals surface area (Å²) in [7, 11) is 0. The average molecular weight is 430 g/mol. The predicted molar refractivity (Wildman–Crippen MR) is 119 cm³/mol. The predicted octanol–water partition coefficient (Wildman–Crippen LogP) is 2.85. The Labute approximate surface area is 184 Å². The van der Waals surface area contributed by atoms with Crippen LogP contribution in [-0.4, -0.2) is 65.6 Å². The van der Waals surface area contributed by atoms with Crippen LogP contribution < -0.4 is 10.2 Å². The lowest BCUT2D eigenvalue weighted by Gasteiger charge is -2.34. The van der Waals surface area contributed by atoms with Crippen LogP contribution in [0, 0.1) is 11.8 Å². The van der Waals surface area contributed by atoms with E-state index in [-0.39, 0.29) is 17.8 Å². The Hall–Kier alpha value is -2.38. The fraction of sp³-hybridized carbons (Fsp3) is 0.739. The van der Waals surface area contributed by atoms with Crippen LogP contribution in [0.4, 0.5) is 11.6 Å². The molecule has 3 fully saturated rings. The lowest BCUT2D eigenvalue weighted by atomic mass is 9.92. The molecule has 2 aliphatic heterocycles. The van der Waals surface area contributed by atoms with E-state index in [2.05, 4.69) is 26.3 Å². The zero-order chi connectivity index (χ0) is 21.6. The van der Waals surface area contributed by atoms with Gasteiger partial charge in [0.25, 0.3) is 0 Å². The first-order valence-corrected chi connectivity index (χ1v) is 11.9. The number of likely N-dealkylation sites (tertiary alicyclic amines) is 1. The lowest BCUT2D eigenvalue weighted by molar-refractivity contribution is -0.151. The van der Waals surface area contributed by atoms with E-state index in [0.717, 1.165) is 44.0 Å². The number of hydrogen-bond acceptors (Lipinski definition) is 7. The van der Waals surface area contributed by atoms with Gasteiger partial charge in [0.2, 0.25) is 5.91 Å². The van der Waals surface area contributed by atoms with E-state index in [1.54, 1.807) is 6.33 Å². The van der Waals surface area contributed by atoms with Gasteiger partial charge in [-0.1, -0.05) is 0 Å². The van der Waals surface area contributed by atoms with E-state index >= 15 is 0 Å². The molecule has 8 nitrogen and oxygen atoms in total. The maximum absolute atomic E-state index is 12.7. The van der Waals surface area contributed by atoms with Crippen molar-refractivity contribution in [2.45, 2.75) is 64.3 Å². The molecule has 2 saturated heterocycles. The Morgan fingerprint density at radius 1 is 1.13 bits per heavy atom. The molecule has 3 heterocycles. The van der Waals surface area contributed by atoms with Gasteiger partial charge in [-0.2, -0.15) is 0 Å². The number of carbonyl (C=O) groups is 2. The molecule has 1 aliphatic carbocycles. The van der Waals surface area contributed by atoms with Gasteiger partial charge < -0.3 is 19.9 Å². The topological polar surface area (TPSA) is 87.7 Å². The molecule has 170 valence electrons. The van der Waals surface area contributed by atoms with E-state index in [1.165, 1.54) is 12.8 Å². The van der Waals surface area contributed by atoms with Crippen LogP contribution >= 0.6 is 0 Å². The smallest absolute Gasteiger partial charge is 0.309 e. The second-order valence-electron chi connectivity index (χ2n) is 9.08.